The van der Waals surface area contributed by atoms with Gasteiger partial charge in [0.2, 0.25) is 5.88 Å². The second-order valence-electron chi connectivity index (χ2n) is 4.82. The number of non-ortho nitro benzene ring substituents is 1. The SMILES string of the molecule is O=C(N=Nc1c(O)[nH]c2ccc(Br)cc12)c1cccc([N+](=O)[O-])c1. The number of hydrogen-bond donors (Lipinski definition) is 2. The molecule has 24 heavy (non-hydrogen) atoms. The summed E-state index contributed by atoms with van der Waals surface area (Å²) in [5.74, 6) is -0.971. The predicted octanol–water partition coefficient (Wildman–Crippen LogP) is 4.47. The van der Waals surface area contributed by atoms with Crippen molar-refractivity contribution in [3.05, 3.63) is 62.6 Å². The summed E-state index contributed by atoms with van der Waals surface area (Å²) in [6, 6.07) is 10.4. The quantitative estimate of drug-likeness (QED) is 0.390. The zero-order valence-corrected chi connectivity index (χ0v) is 13.5. The highest BCUT2D eigenvalue weighted by Crippen LogP contribution is 2.36. The number of aromatic nitrogens is 1. The Balaban J connectivity index is 1.95. The lowest BCUT2D eigenvalue weighted by Crippen LogP contribution is -1.95. The molecule has 0 aliphatic heterocycles. The van der Waals surface area contributed by atoms with E-state index in [-0.39, 0.29) is 22.8 Å². The van der Waals surface area contributed by atoms with E-state index in [2.05, 4.69) is 31.1 Å². The molecule has 1 heterocycles. The number of amides is 1. The Kier molecular flexibility index (Phi) is 4.09. The molecule has 0 spiro atoms. The number of aromatic hydroxyl groups is 1. The number of fused-ring (bicyclic) bond motifs is 1. The molecule has 9 heteroatoms. The van der Waals surface area contributed by atoms with Gasteiger partial charge in [-0.05, 0) is 24.3 Å². The normalized spacial score (nSPS) is 11.2. The van der Waals surface area contributed by atoms with Crippen molar-refractivity contribution in [1.82, 2.24) is 4.98 Å². The summed E-state index contributed by atoms with van der Waals surface area (Å²) in [4.78, 5) is 24.9. The first-order valence-corrected chi connectivity index (χ1v) is 7.46. The molecule has 3 rings (SSSR count). The molecular formula is C15H9BrN4O4. The molecule has 3 aromatic rings. The number of carbonyl (C=O) groups is 1. The Labute approximate surface area is 143 Å². The Morgan fingerprint density at radius 2 is 2.04 bits per heavy atom. The minimum absolute atomic E-state index is 0.0356. The molecular weight excluding hydrogens is 380 g/mol. The second-order valence-corrected chi connectivity index (χ2v) is 5.74. The summed E-state index contributed by atoms with van der Waals surface area (Å²) in [5.41, 5.74) is 0.570. The zero-order valence-electron chi connectivity index (χ0n) is 11.9. The standard InChI is InChI=1S/C15H9BrN4O4/c16-9-4-5-12-11(7-9)13(15(22)17-12)18-19-14(21)8-2-1-3-10(6-8)20(23)24/h1-7,17,22H. The second kappa shape index (κ2) is 6.20. The Bertz CT molecular complexity index is 996. The van der Waals surface area contributed by atoms with Gasteiger partial charge >= 0.3 is 0 Å². The van der Waals surface area contributed by atoms with Crippen LogP contribution in [-0.4, -0.2) is 20.9 Å². The van der Waals surface area contributed by atoms with Gasteiger partial charge in [-0.25, -0.2) is 0 Å². The number of nitrogens with zero attached hydrogens (tertiary/aromatic N) is 3. The predicted molar refractivity (Wildman–Crippen MR) is 89.6 cm³/mol. The number of H-pyrrole nitrogens is 1. The van der Waals surface area contributed by atoms with Crippen LogP contribution in [0.1, 0.15) is 10.4 Å². The average Bonchev–Trinajstić information content (AvgIpc) is 2.87. The highest BCUT2D eigenvalue weighted by atomic mass is 79.9. The first-order chi connectivity index (χ1) is 11.5. The largest absolute Gasteiger partial charge is 0.493 e. The van der Waals surface area contributed by atoms with Crippen LogP contribution < -0.4 is 0 Å². The van der Waals surface area contributed by atoms with Crippen LogP contribution in [-0.2, 0) is 0 Å². The first-order valence-electron chi connectivity index (χ1n) is 6.66. The van der Waals surface area contributed by atoms with Gasteiger partial charge in [0.1, 0.15) is 0 Å². The van der Waals surface area contributed by atoms with Crippen LogP contribution in [0, 0.1) is 10.1 Å². The third kappa shape index (κ3) is 3.01. The Morgan fingerprint density at radius 3 is 2.79 bits per heavy atom. The average molecular weight is 389 g/mol. The highest BCUT2D eigenvalue weighted by molar-refractivity contribution is 9.10. The van der Waals surface area contributed by atoms with E-state index in [0.29, 0.717) is 10.9 Å². The third-order valence-corrected chi connectivity index (χ3v) is 3.75. The lowest BCUT2D eigenvalue weighted by Gasteiger charge is -1.96. The maximum atomic E-state index is 12.0. The van der Waals surface area contributed by atoms with Crippen molar-refractivity contribution in [2.24, 2.45) is 10.2 Å². The van der Waals surface area contributed by atoms with Gasteiger partial charge in [-0.15, -0.1) is 10.2 Å². The monoisotopic (exact) mass is 388 g/mol. The summed E-state index contributed by atoms with van der Waals surface area (Å²) in [7, 11) is 0. The van der Waals surface area contributed by atoms with Crippen LogP contribution in [0.4, 0.5) is 11.4 Å². The van der Waals surface area contributed by atoms with Crippen molar-refractivity contribution < 1.29 is 14.8 Å². The van der Waals surface area contributed by atoms with E-state index in [9.17, 15) is 20.0 Å². The third-order valence-electron chi connectivity index (χ3n) is 3.26. The number of hydrogen-bond acceptors (Lipinski definition) is 5. The topological polar surface area (TPSA) is 121 Å². The van der Waals surface area contributed by atoms with Gasteiger partial charge in [-0.2, -0.15) is 0 Å². The molecule has 2 aromatic carbocycles. The molecule has 0 radical (unpaired) electrons. The minimum atomic E-state index is -0.748. The smallest absolute Gasteiger partial charge is 0.295 e. The molecule has 8 nitrogen and oxygen atoms in total. The van der Waals surface area contributed by atoms with Crippen LogP contribution in [0.25, 0.3) is 10.9 Å². The van der Waals surface area contributed by atoms with E-state index in [1.807, 2.05) is 0 Å². The highest BCUT2D eigenvalue weighted by Gasteiger charge is 2.13. The van der Waals surface area contributed by atoms with E-state index in [1.54, 1.807) is 18.2 Å². The summed E-state index contributed by atoms with van der Waals surface area (Å²) < 4.78 is 0.774. The van der Waals surface area contributed by atoms with Gasteiger partial charge in [0.25, 0.3) is 11.6 Å². The molecule has 120 valence electrons. The molecule has 0 aliphatic carbocycles. The number of halogens is 1. The van der Waals surface area contributed by atoms with Crippen LogP contribution in [0.3, 0.4) is 0 Å². The number of nitrogens with one attached hydrogen (secondary N) is 1. The molecule has 0 fully saturated rings. The van der Waals surface area contributed by atoms with Crippen LogP contribution in [0.5, 0.6) is 5.88 Å². The number of aromatic amines is 1. The molecule has 2 N–H and O–H groups in total. The molecule has 0 saturated carbocycles. The van der Waals surface area contributed by atoms with Gasteiger partial charge in [0.05, 0.1) is 16.0 Å². The molecule has 0 atom stereocenters. The van der Waals surface area contributed by atoms with E-state index in [4.69, 9.17) is 0 Å². The fraction of sp³-hybridized carbons (Fsp3) is 0. The lowest BCUT2D eigenvalue weighted by molar-refractivity contribution is -0.384. The summed E-state index contributed by atoms with van der Waals surface area (Å²) >= 11 is 3.32. The van der Waals surface area contributed by atoms with Crippen molar-refractivity contribution in [3.63, 3.8) is 0 Å². The maximum Gasteiger partial charge on any atom is 0.295 e. The van der Waals surface area contributed by atoms with Crippen LogP contribution >= 0.6 is 15.9 Å². The molecule has 1 amide bonds. The van der Waals surface area contributed by atoms with Crippen LogP contribution in [0.2, 0.25) is 0 Å². The van der Waals surface area contributed by atoms with Gasteiger partial charge in [0, 0.05) is 22.0 Å². The van der Waals surface area contributed by atoms with Crippen molar-refractivity contribution in [2.45, 2.75) is 0 Å². The number of nitro groups is 1. The van der Waals surface area contributed by atoms with Gasteiger partial charge in [-0.1, -0.05) is 22.0 Å². The van der Waals surface area contributed by atoms with E-state index >= 15 is 0 Å². The number of azo groups is 1. The van der Waals surface area contributed by atoms with Gasteiger partial charge in [-0.3, -0.25) is 14.9 Å². The number of carbonyl (C=O) groups excluding carboxylic acids is 1. The summed E-state index contributed by atoms with van der Waals surface area (Å²) in [6.45, 7) is 0. The summed E-state index contributed by atoms with van der Waals surface area (Å²) in [6.07, 6.45) is 0. The van der Waals surface area contributed by atoms with Crippen molar-refractivity contribution >= 4 is 44.1 Å². The van der Waals surface area contributed by atoms with Gasteiger partial charge < -0.3 is 10.1 Å². The number of nitro benzene ring substituents is 1. The molecule has 0 saturated heterocycles. The Morgan fingerprint density at radius 1 is 1.25 bits per heavy atom. The van der Waals surface area contributed by atoms with E-state index in [1.165, 1.54) is 18.2 Å². The summed E-state index contributed by atoms with van der Waals surface area (Å²) in [5, 5.41) is 28.6. The van der Waals surface area contributed by atoms with E-state index in [0.717, 1.165) is 10.5 Å². The number of rotatable bonds is 3. The molecule has 0 bridgehead atoms. The fourth-order valence-electron chi connectivity index (χ4n) is 2.14. The van der Waals surface area contributed by atoms with Crippen molar-refractivity contribution in [3.8, 4) is 5.88 Å². The van der Waals surface area contributed by atoms with Crippen LogP contribution in [0.15, 0.2) is 57.2 Å². The molecule has 0 unspecified atom stereocenters. The van der Waals surface area contributed by atoms with E-state index < -0.39 is 10.8 Å². The Hall–Kier alpha value is -3.07. The number of benzene rings is 2. The van der Waals surface area contributed by atoms with Crippen molar-refractivity contribution in [1.29, 1.82) is 0 Å². The lowest BCUT2D eigenvalue weighted by atomic mass is 10.2. The minimum Gasteiger partial charge on any atom is -0.493 e. The first kappa shape index (κ1) is 15.8. The fourth-order valence-corrected chi connectivity index (χ4v) is 2.50. The van der Waals surface area contributed by atoms with Gasteiger partial charge in [0.15, 0.2) is 5.69 Å². The zero-order chi connectivity index (χ0) is 17.3. The van der Waals surface area contributed by atoms with Crippen molar-refractivity contribution in [2.75, 3.05) is 0 Å². The molecule has 0 aliphatic rings. The molecule has 1 aromatic heterocycles. The maximum absolute atomic E-state index is 12.0.